The Balaban J connectivity index is 3.45. The van der Waals surface area contributed by atoms with Crippen LogP contribution in [0, 0.1) is 7.14 Å². The third kappa shape index (κ3) is 3.34. The molecule has 0 nitrogen and oxygen atoms in total. The van der Waals surface area contributed by atoms with Crippen molar-refractivity contribution < 1.29 is 0 Å². The Kier molecular flexibility index (Phi) is 4.37. The Morgan fingerprint density at radius 3 is 1.25 bits per heavy atom. The highest BCUT2D eigenvalue weighted by Gasteiger charge is 2.23. The fourth-order valence-electron chi connectivity index (χ4n) is 1.70. The van der Waals surface area contributed by atoms with Gasteiger partial charge in [-0.25, -0.2) is 0 Å². The summed E-state index contributed by atoms with van der Waals surface area (Å²) in [4.78, 5) is 0. The molecule has 0 unspecified atom stereocenters. The molecule has 0 heterocycles. The second-order valence-corrected chi connectivity index (χ2v) is 8.64. The van der Waals surface area contributed by atoms with Crippen LogP contribution in [0.2, 0.25) is 0 Å². The van der Waals surface area contributed by atoms with Gasteiger partial charge in [0, 0.05) is 7.14 Å². The van der Waals surface area contributed by atoms with E-state index in [0.29, 0.717) is 0 Å². The van der Waals surface area contributed by atoms with Crippen LogP contribution in [0.3, 0.4) is 0 Å². The van der Waals surface area contributed by atoms with E-state index in [2.05, 4.69) is 98.9 Å². The first kappa shape index (κ1) is 14.7. The molecule has 0 saturated heterocycles. The van der Waals surface area contributed by atoms with Gasteiger partial charge in [-0.3, -0.25) is 0 Å². The van der Waals surface area contributed by atoms with Gasteiger partial charge in [-0.15, -0.1) is 0 Å². The van der Waals surface area contributed by atoms with E-state index in [-0.39, 0.29) is 10.8 Å². The molecule has 0 radical (unpaired) electrons. The summed E-state index contributed by atoms with van der Waals surface area (Å²) in [6, 6.07) is 4.70. The van der Waals surface area contributed by atoms with Gasteiger partial charge in [-0.2, -0.15) is 0 Å². The van der Waals surface area contributed by atoms with Crippen molar-refractivity contribution in [2.24, 2.45) is 0 Å². The minimum Gasteiger partial charge on any atom is -0.0560 e. The predicted octanol–water partition coefficient (Wildman–Crippen LogP) is 5.49. The summed E-state index contributed by atoms with van der Waals surface area (Å²) in [6.07, 6.45) is 0. The number of halogens is 2. The van der Waals surface area contributed by atoms with Gasteiger partial charge in [0.05, 0.1) is 0 Å². The molecule has 0 atom stereocenters. The van der Waals surface area contributed by atoms with E-state index in [1.165, 1.54) is 18.3 Å². The molecule has 0 aromatic heterocycles. The van der Waals surface area contributed by atoms with E-state index in [9.17, 15) is 0 Å². The average Bonchev–Trinajstić information content (AvgIpc) is 1.97. The van der Waals surface area contributed by atoms with Crippen LogP contribution in [-0.2, 0) is 10.8 Å². The quantitative estimate of drug-likeness (QED) is 0.467. The van der Waals surface area contributed by atoms with Crippen LogP contribution in [0.1, 0.15) is 52.7 Å². The largest absolute Gasteiger partial charge is 0.0560 e. The molecule has 0 bridgehead atoms. The van der Waals surface area contributed by atoms with E-state index in [4.69, 9.17) is 0 Å². The third-order valence-electron chi connectivity index (χ3n) is 2.67. The first-order valence-corrected chi connectivity index (χ1v) is 7.69. The fourth-order valence-corrected chi connectivity index (χ4v) is 4.85. The molecule has 1 aromatic carbocycles. The Morgan fingerprint density at radius 2 is 1.00 bits per heavy atom. The van der Waals surface area contributed by atoms with Crippen LogP contribution in [0.25, 0.3) is 0 Å². The van der Waals surface area contributed by atoms with Gasteiger partial charge >= 0.3 is 0 Å². The van der Waals surface area contributed by atoms with Gasteiger partial charge in [-0.05, 0) is 73.2 Å². The highest BCUT2D eigenvalue weighted by molar-refractivity contribution is 14.1. The summed E-state index contributed by atoms with van der Waals surface area (Å²) in [5.41, 5.74) is 3.36. The van der Waals surface area contributed by atoms with Gasteiger partial charge < -0.3 is 0 Å². The van der Waals surface area contributed by atoms with Crippen LogP contribution in [0.4, 0.5) is 0 Å². The second-order valence-electron chi connectivity index (χ2n) is 6.31. The fraction of sp³-hybridized carbons (Fsp3) is 0.571. The van der Waals surface area contributed by atoms with Crippen molar-refractivity contribution >= 4 is 45.2 Å². The van der Waals surface area contributed by atoms with E-state index in [0.717, 1.165) is 0 Å². The predicted molar refractivity (Wildman–Crippen MR) is 89.3 cm³/mol. The molecule has 0 amide bonds. The lowest BCUT2D eigenvalue weighted by Crippen LogP contribution is -2.19. The zero-order valence-corrected chi connectivity index (χ0v) is 15.2. The zero-order valence-electron chi connectivity index (χ0n) is 10.9. The molecule has 2 heteroatoms. The molecule has 0 aliphatic carbocycles. The molecule has 0 spiro atoms. The smallest absolute Gasteiger partial charge is 0.0178 e. The lowest BCUT2D eigenvalue weighted by Gasteiger charge is -2.27. The summed E-state index contributed by atoms with van der Waals surface area (Å²) in [7, 11) is 0. The van der Waals surface area contributed by atoms with Crippen molar-refractivity contribution in [2.45, 2.75) is 52.4 Å². The van der Waals surface area contributed by atoms with Crippen molar-refractivity contribution in [3.05, 3.63) is 30.4 Å². The van der Waals surface area contributed by atoms with Crippen molar-refractivity contribution in [1.29, 1.82) is 0 Å². The number of hydrogen-bond acceptors (Lipinski definition) is 0. The van der Waals surface area contributed by atoms with Crippen LogP contribution in [-0.4, -0.2) is 0 Å². The standard InChI is InChI=1S/C14H20I2/c1-13(2,3)9-7-10(14(4,5)6)12(16)8-11(9)15/h7-8H,1-6H3. The summed E-state index contributed by atoms with van der Waals surface area (Å²) >= 11 is 4.90. The van der Waals surface area contributed by atoms with Gasteiger partial charge in [0.25, 0.3) is 0 Å². The number of rotatable bonds is 0. The summed E-state index contributed by atoms with van der Waals surface area (Å²) in [5.74, 6) is 0. The third-order valence-corrected chi connectivity index (χ3v) is 4.46. The maximum Gasteiger partial charge on any atom is 0.0178 e. The minimum atomic E-state index is 0.223. The first-order valence-electron chi connectivity index (χ1n) is 5.53. The Labute approximate surface area is 127 Å². The van der Waals surface area contributed by atoms with E-state index in [1.807, 2.05) is 0 Å². The van der Waals surface area contributed by atoms with Gasteiger partial charge in [-0.1, -0.05) is 47.6 Å². The van der Waals surface area contributed by atoms with Crippen LogP contribution in [0.15, 0.2) is 12.1 Å². The number of benzene rings is 1. The van der Waals surface area contributed by atoms with Gasteiger partial charge in [0.1, 0.15) is 0 Å². The van der Waals surface area contributed by atoms with E-state index < -0.39 is 0 Å². The van der Waals surface area contributed by atoms with Gasteiger partial charge in [0.15, 0.2) is 0 Å². The van der Waals surface area contributed by atoms with Gasteiger partial charge in [0.2, 0.25) is 0 Å². The Bertz CT molecular complexity index is 357. The molecule has 0 fully saturated rings. The van der Waals surface area contributed by atoms with Crippen LogP contribution < -0.4 is 0 Å². The van der Waals surface area contributed by atoms with Crippen molar-refractivity contribution in [3.63, 3.8) is 0 Å². The first-order chi connectivity index (χ1) is 7.03. The molecule has 1 rings (SSSR count). The summed E-state index contributed by atoms with van der Waals surface area (Å²) < 4.78 is 2.75. The molecule has 0 N–H and O–H groups in total. The molecular formula is C14H20I2. The SMILES string of the molecule is CC(C)(C)c1cc(C(C)(C)C)c(I)cc1I. The number of hydrogen-bond donors (Lipinski definition) is 0. The lowest BCUT2D eigenvalue weighted by atomic mass is 9.81. The maximum atomic E-state index is 2.45. The highest BCUT2D eigenvalue weighted by Crippen LogP contribution is 2.35. The second kappa shape index (κ2) is 4.75. The van der Waals surface area contributed by atoms with E-state index in [1.54, 1.807) is 0 Å². The molecule has 1 aromatic rings. The Hall–Kier alpha value is 0.680. The molecular weight excluding hydrogens is 422 g/mol. The molecule has 90 valence electrons. The lowest BCUT2D eigenvalue weighted by molar-refractivity contribution is 0.564. The van der Waals surface area contributed by atoms with Crippen molar-refractivity contribution in [2.75, 3.05) is 0 Å². The monoisotopic (exact) mass is 442 g/mol. The van der Waals surface area contributed by atoms with Crippen LogP contribution in [0.5, 0.6) is 0 Å². The normalized spacial score (nSPS) is 13.0. The molecule has 16 heavy (non-hydrogen) atoms. The minimum absolute atomic E-state index is 0.223. The van der Waals surface area contributed by atoms with Crippen molar-refractivity contribution in [3.8, 4) is 0 Å². The van der Waals surface area contributed by atoms with Crippen LogP contribution >= 0.6 is 45.2 Å². The molecule has 0 aliphatic heterocycles. The summed E-state index contributed by atoms with van der Waals surface area (Å²) in [5, 5.41) is 0. The average molecular weight is 442 g/mol. The Morgan fingerprint density at radius 1 is 0.688 bits per heavy atom. The molecule has 0 saturated carbocycles. The molecule has 0 aliphatic rings. The summed E-state index contributed by atoms with van der Waals surface area (Å²) in [6.45, 7) is 13.7. The van der Waals surface area contributed by atoms with Crippen molar-refractivity contribution in [1.82, 2.24) is 0 Å². The topological polar surface area (TPSA) is 0 Å². The maximum absolute atomic E-state index is 2.45. The van der Waals surface area contributed by atoms with E-state index >= 15 is 0 Å². The highest BCUT2D eigenvalue weighted by atomic mass is 127. The zero-order chi connectivity index (χ0) is 12.7.